The molecule has 1 N–H and O–H groups in total. The summed E-state index contributed by atoms with van der Waals surface area (Å²) in [6.07, 6.45) is 1.85. The molecular weight excluding hydrogens is 313 g/mol. The molecule has 1 aromatic carbocycles. The van der Waals surface area contributed by atoms with Crippen molar-refractivity contribution in [2.24, 2.45) is 11.8 Å². The number of rotatable bonds is 4. The van der Waals surface area contributed by atoms with Gasteiger partial charge in [0.05, 0.1) is 18.4 Å². The number of halogens is 1. The lowest BCUT2D eigenvalue weighted by molar-refractivity contribution is -0.145. The molecule has 2 fully saturated rings. The monoisotopic (exact) mass is 335 g/mol. The number of hydrogen-bond acceptors (Lipinski definition) is 3. The predicted molar refractivity (Wildman–Crippen MR) is 84.9 cm³/mol. The highest BCUT2D eigenvalue weighted by molar-refractivity contribution is 5.79. The van der Waals surface area contributed by atoms with E-state index in [1.54, 1.807) is 23.1 Å². The summed E-state index contributed by atoms with van der Waals surface area (Å²) in [7, 11) is 0. The van der Waals surface area contributed by atoms with Crippen LogP contribution in [-0.4, -0.2) is 47.7 Å². The molecule has 1 amide bonds. The van der Waals surface area contributed by atoms with Crippen LogP contribution in [0.1, 0.15) is 24.8 Å². The Balaban J connectivity index is 1.54. The van der Waals surface area contributed by atoms with Crippen LogP contribution in [-0.2, 0) is 20.7 Å². The van der Waals surface area contributed by atoms with Gasteiger partial charge in [-0.1, -0.05) is 18.2 Å². The Morgan fingerprint density at radius 1 is 1.21 bits per heavy atom. The third kappa shape index (κ3) is 3.59. The highest BCUT2D eigenvalue weighted by atomic mass is 19.1. The van der Waals surface area contributed by atoms with Crippen LogP contribution in [0.25, 0.3) is 0 Å². The first kappa shape index (κ1) is 16.9. The van der Waals surface area contributed by atoms with E-state index in [0.29, 0.717) is 31.7 Å². The van der Waals surface area contributed by atoms with E-state index in [1.807, 2.05) is 0 Å². The van der Waals surface area contributed by atoms with Gasteiger partial charge in [-0.2, -0.15) is 0 Å². The lowest BCUT2D eigenvalue weighted by Crippen LogP contribution is -2.43. The van der Waals surface area contributed by atoms with E-state index >= 15 is 0 Å². The van der Waals surface area contributed by atoms with Gasteiger partial charge in [-0.05, 0) is 36.8 Å². The van der Waals surface area contributed by atoms with Crippen molar-refractivity contribution in [3.63, 3.8) is 0 Å². The summed E-state index contributed by atoms with van der Waals surface area (Å²) < 4.78 is 19.3. The highest BCUT2D eigenvalue weighted by Gasteiger charge is 2.40. The summed E-state index contributed by atoms with van der Waals surface area (Å²) in [5.41, 5.74) is 0.412. The normalized spacial score (nSPS) is 25.0. The van der Waals surface area contributed by atoms with Gasteiger partial charge in [0.15, 0.2) is 0 Å². The van der Waals surface area contributed by atoms with Crippen LogP contribution in [0.4, 0.5) is 4.39 Å². The van der Waals surface area contributed by atoms with Crippen molar-refractivity contribution in [1.29, 1.82) is 0 Å². The van der Waals surface area contributed by atoms with E-state index in [9.17, 15) is 19.1 Å². The molecule has 2 aliphatic heterocycles. The molecule has 2 heterocycles. The zero-order valence-corrected chi connectivity index (χ0v) is 13.5. The fraction of sp³-hybridized carbons (Fsp3) is 0.556. The van der Waals surface area contributed by atoms with E-state index in [0.717, 1.165) is 12.8 Å². The molecule has 130 valence electrons. The van der Waals surface area contributed by atoms with Gasteiger partial charge in [0.25, 0.3) is 0 Å². The predicted octanol–water partition coefficient (Wildman–Crippen LogP) is 2.10. The standard InChI is InChI=1S/C18H22FNO4/c19-15-4-2-1-3-13(15)11-16(21)20-8-5-12(6-9-20)17-14(18(22)23)7-10-24-17/h1-4,12,14,17H,5-11H2,(H,22,23)/t14?,17-/m0/s1. The van der Waals surface area contributed by atoms with Gasteiger partial charge in [0.1, 0.15) is 5.82 Å². The molecule has 0 saturated carbocycles. The molecule has 0 radical (unpaired) electrons. The van der Waals surface area contributed by atoms with E-state index in [-0.39, 0.29) is 30.2 Å². The minimum absolute atomic E-state index is 0.0645. The van der Waals surface area contributed by atoms with E-state index in [4.69, 9.17) is 4.74 Å². The van der Waals surface area contributed by atoms with Gasteiger partial charge in [-0.3, -0.25) is 9.59 Å². The molecule has 1 unspecified atom stereocenters. The largest absolute Gasteiger partial charge is 0.481 e. The van der Waals surface area contributed by atoms with Crippen LogP contribution in [0.2, 0.25) is 0 Å². The number of likely N-dealkylation sites (tertiary alicyclic amines) is 1. The molecule has 5 nitrogen and oxygen atoms in total. The van der Waals surface area contributed by atoms with Gasteiger partial charge < -0.3 is 14.7 Å². The first-order valence-corrected chi connectivity index (χ1v) is 8.42. The summed E-state index contributed by atoms with van der Waals surface area (Å²) in [6, 6.07) is 6.32. The lowest BCUT2D eigenvalue weighted by Gasteiger charge is -2.35. The molecule has 0 aliphatic carbocycles. The van der Waals surface area contributed by atoms with Gasteiger partial charge in [0, 0.05) is 19.7 Å². The molecule has 24 heavy (non-hydrogen) atoms. The third-order valence-electron chi connectivity index (χ3n) is 5.11. The molecule has 6 heteroatoms. The Morgan fingerprint density at radius 2 is 1.92 bits per heavy atom. The Morgan fingerprint density at radius 3 is 2.58 bits per heavy atom. The summed E-state index contributed by atoms with van der Waals surface area (Å²) in [6.45, 7) is 1.64. The molecule has 1 aromatic rings. The Kier molecular flexibility index (Phi) is 5.14. The first-order valence-electron chi connectivity index (χ1n) is 8.42. The van der Waals surface area contributed by atoms with E-state index in [1.165, 1.54) is 6.07 Å². The molecule has 2 saturated heterocycles. The maximum Gasteiger partial charge on any atom is 0.309 e. The van der Waals surface area contributed by atoms with Crippen molar-refractivity contribution in [2.75, 3.05) is 19.7 Å². The average molecular weight is 335 g/mol. The van der Waals surface area contributed by atoms with Gasteiger partial charge in [-0.25, -0.2) is 4.39 Å². The van der Waals surface area contributed by atoms with Crippen molar-refractivity contribution < 1.29 is 23.8 Å². The molecule has 0 aromatic heterocycles. The van der Waals surface area contributed by atoms with Crippen molar-refractivity contribution in [3.05, 3.63) is 35.6 Å². The first-order chi connectivity index (χ1) is 11.6. The highest BCUT2D eigenvalue weighted by Crippen LogP contribution is 2.33. The second-order valence-corrected chi connectivity index (χ2v) is 6.56. The van der Waals surface area contributed by atoms with Crippen molar-refractivity contribution >= 4 is 11.9 Å². The van der Waals surface area contributed by atoms with E-state index < -0.39 is 11.9 Å². The number of carbonyl (C=O) groups excluding carboxylic acids is 1. The second-order valence-electron chi connectivity index (χ2n) is 6.56. The van der Waals surface area contributed by atoms with E-state index in [2.05, 4.69) is 0 Å². The maximum atomic E-state index is 13.7. The Hall–Kier alpha value is -1.95. The third-order valence-corrected chi connectivity index (χ3v) is 5.11. The number of carboxylic acid groups (broad SMARTS) is 1. The number of hydrogen-bond donors (Lipinski definition) is 1. The summed E-state index contributed by atoms with van der Waals surface area (Å²) in [5, 5.41) is 9.26. The van der Waals surface area contributed by atoms with Gasteiger partial charge in [-0.15, -0.1) is 0 Å². The van der Waals surface area contributed by atoms with Crippen molar-refractivity contribution in [3.8, 4) is 0 Å². The topological polar surface area (TPSA) is 66.8 Å². The number of carboxylic acids is 1. The van der Waals surface area contributed by atoms with Crippen LogP contribution in [0, 0.1) is 17.7 Å². The minimum atomic E-state index is -0.796. The Bertz CT molecular complexity index is 613. The number of carbonyl (C=O) groups is 2. The SMILES string of the molecule is O=C(O)C1CCO[C@H]1C1CCN(C(=O)Cc2ccccc2F)CC1. The van der Waals surface area contributed by atoms with Gasteiger partial charge >= 0.3 is 5.97 Å². The van der Waals surface area contributed by atoms with Crippen LogP contribution in [0.15, 0.2) is 24.3 Å². The summed E-state index contributed by atoms with van der Waals surface area (Å²) >= 11 is 0. The smallest absolute Gasteiger partial charge is 0.309 e. The molecule has 3 rings (SSSR count). The molecule has 0 bridgehead atoms. The van der Waals surface area contributed by atoms with Crippen LogP contribution in [0.3, 0.4) is 0 Å². The second kappa shape index (κ2) is 7.30. The number of nitrogens with zero attached hydrogens (tertiary/aromatic N) is 1. The van der Waals surface area contributed by atoms with Crippen LogP contribution in [0.5, 0.6) is 0 Å². The number of aliphatic carboxylic acids is 1. The minimum Gasteiger partial charge on any atom is -0.481 e. The molecule has 2 aliphatic rings. The number of benzene rings is 1. The van der Waals surface area contributed by atoms with Crippen molar-refractivity contribution in [2.45, 2.75) is 31.8 Å². The fourth-order valence-electron chi connectivity index (χ4n) is 3.73. The van der Waals surface area contributed by atoms with Crippen LogP contribution >= 0.6 is 0 Å². The number of ether oxygens (including phenoxy) is 1. The molecular formula is C18H22FNO4. The van der Waals surface area contributed by atoms with Gasteiger partial charge in [0.2, 0.25) is 5.91 Å². The Labute approximate surface area is 140 Å². The maximum absolute atomic E-state index is 13.7. The summed E-state index contributed by atoms with van der Waals surface area (Å²) in [4.78, 5) is 25.4. The molecule has 2 atom stereocenters. The number of amides is 1. The average Bonchev–Trinajstić information content (AvgIpc) is 3.07. The zero-order valence-electron chi connectivity index (χ0n) is 13.5. The number of piperidine rings is 1. The quantitative estimate of drug-likeness (QED) is 0.915. The lowest BCUT2D eigenvalue weighted by atomic mass is 9.84. The van der Waals surface area contributed by atoms with Crippen LogP contribution < -0.4 is 0 Å². The zero-order chi connectivity index (χ0) is 17.1. The fourth-order valence-corrected chi connectivity index (χ4v) is 3.73. The molecule has 0 spiro atoms. The van der Waals surface area contributed by atoms with Crippen molar-refractivity contribution in [1.82, 2.24) is 4.90 Å². The summed E-state index contributed by atoms with van der Waals surface area (Å²) in [5.74, 6) is -1.50.